The van der Waals surface area contributed by atoms with Gasteiger partial charge >= 0.3 is 0 Å². The third-order valence-corrected chi connectivity index (χ3v) is 29.8. The molecule has 0 N–H and O–H groups in total. The van der Waals surface area contributed by atoms with Gasteiger partial charge in [-0.3, -0.25) is 0 Å². The maximum absolute atomic E-state index is 6.29. The first-order valence-electron chi connectivity index (χ1n) is 24.7. The van der Waals surface area contributed by atoms with E-state index in [1.165, 1.54) is 135 Å². The van der Waals surface area contributed by atoms with Crippen molar-refractivity contribution >= 4 is 63.9 Å². The van der Waals surface area contributed by atoms with Crippen LogP contribution >= 0.6 is 16.1 Å². The first kappa shape index (κ1) is 51.4. The molecule has 4 aromatic carbocycles. The number of methoxy groups -OCH3 is 2. The normalized spacial score (nSPS) is 12.2. The third-order valence-electron chi connectivity index (χ3n) is 13.3. The van der Waals surface area contributed by atoms with Crippen molar-refractivity contribution in [1.82, 2.24) is 4.44 Å². The summed E-state index contributed by atoms with van der Waals surface area (Å²) in [7, 11) is -1.88. The molecular formula is C54H85NO2P2Si2. The number of hydrogen-bond acceptors (Lipinski definition) is 3. The zero-order chi connectivity index (χ0) is 43.9. The second-order valence-corrected chi connectivity index (χ2v) is 31.5. The van der Waals surface area contributed by atoms with Crippen molar-refractivity contribution in [3.05, 3.63) is 97.1 Å². The van der Waals surface area contributed by atoms with Crippen molar-refractivity contribution in [2.24, 2.45) is 0 Å². The Bertz CT molecular complexity index is 1650. The molecule has 3 nitrogen and oxygen atoms in total. The van der Waals surface area contributed by atoms with Gasteiger partial charge in [0.05, 0.1) is 30.4 Å². The Morgan fingerprint density at radius 1 is 0.410 bits per heavy atom. The summed E-state index contributed by atoms with van der Waals surface area (Å²) >= 11 is 0. The number of ether oxygens (including phenoxy) is 2. The molecule has 0 saturated carbocycles. The maximum atomic E-state index is 6.29. The highest BCUT2D eigenvalue weighted by molar-refractivity contribution is 7.85. The van der Waals surface area contributed by atoms with E-state index in [2.05, 4.69) is 150 Å². The van der Waals surface area contributed by atoms with Crippen LogP contribution in [-0.4, -0.2) is 41.4 Å². The van der Waals surface area contributed by atoms with Crippen LogP contribution in [0.1, 0.15) is 138 Å². The molecule has 4 rings (SSSR count). The van der Waals surface area contributed by atoms with Crippen LogP contribution in [0.25, 0.3) is 0 Å². The molecule has 0 aliphatic heterocycles. The van der Waals surface area contributed by atoms with Gasteiger partial charge in [-0.1, -0.05) is 251 Å². The van der Waals surface area contributed by atoms with E-state index in [-0.39, 0.29) is 0 Å². The van der Waals surface area contributed by atoms with Gasteiger partial charge in [0.2, 0.25) is 0 Å². The SMILES string of the molecule is CCCCN(P(c1cccc([Si](CCCC)(CCCC)CCCC)c1)c1cccc([Si](CCCC)(CCCC)CCCC)c1)P(c1ccccc1OC)c1ccccc1OC. The third kappa shape index (κ3) is 13.9. The lowest BCUT2D eigenvalue weighted by atomic mass is 10.3. The summed E-state index contributed by atoms with van der Waals surface area (Å²) in [6.07, 6.45) is 18.0. The molecule has 0 fully saturated rings. The van der Waals surface area contributed by atoms with Gasteiger partial charge in [0.15, 0.2) is 0 Å². The minimum absolute atomic E-state index is 0.956. The van der Waals surface area contributed by atoms with Crippen molar-refractivity contribution in [2.75, 3.05) is 20.8 Å². The number of benzene rings is 4. The summed E-state index contributed by atoms with van der Waals surface area (Å²) in [6.45, 7) is 17.8. The number of nitrogens with zero attached hydrogens (tertiary/aromatic N) is 1. The van der Waals surface area contributed by atoms with Crippen LogP contribution in [0.3, 0.4) is 0 Å². The van der Waals surface area contributed by atoms with Crippen LogP contribution in [0.5, 0.6) is 11.5 Å². The Hall–Kier alpha value is -2.27. The van der Waals surface area contributed by atoms with Crippen LogP contribution in [0, 0.1) is 0 Å². The van der Waals surface area contributed by atoms with Gasteiger partial charge in [0, 0.05) is 33.3 Å². The lowest BCUT2D eigenvalue weighted by Crippen LogP contribution is -2.49. The van der Waals surface area contributed by atoms with Crippen LogP contribution in [0.2, 0.25) is 36.3 Å². The van der Waals surface area contributed by atoms with E-state index >= 15 is 0 Å². The standard InChI is InChI=1S/C54H85NO2P2Si2/c1-10-17-38-55(59(53-36-26-24-34-51(53)56-8)54-37-27-25-35-52(54)57-9)58(47-30-28-32-49(45-47)60(39-18-11-2,40-19-12-3)41-20-13-4)48-31-29-33-50(46-48)61(42-21-14-5,43-22-15-6)44-23-16-7/h24-37,45-46H,10-23,38-44H2,1-9H3. The van der Waals surface area contributed by atoms with Crippen LogP contribution < -0.4 is 41.1 Å². The fourth-order valence-corrected chi connectivity index (χ4v) is 27.5. The molecular weight excluding hydrogens is 813 g/mol. The van der Waals surface area contributed by atoms with Gasteiger partial charge in [0.25, 0.3) is 0 Å². The lowest BCUT2D eigenvalue weighted by molar-refractivity contribution is 0.417. The number of rotatable bonds is 31. The van der Waals surface area contributed by atoms with E-state index in [0.29, 0.717) is 0 Å². The second-order valence-electron chi connectivity index (χ2n) is 17.7. The van der Waals surface area contributed by atoms with Gasteiger partial charge in [-0.05, 0) is 41.3 Å². The molecule has 336 valence electrons. The molecule has 0 saturated heterocycles. The lowest BCUT2D eigenvalue weighted by Gasteiger charge is -2.41. The van der Waals surface area contributed by atoms with Gasteiger partial charge in [-0.2, -0.15) is 0 Å². The van der Waals surface area contributed by atoms with Gasteiger partial charge in [0.1, 0.15) is 11.5 Å². The summed E-state index contributed by atoms with van der Waals surface area (Å²) in [4.78, 5) is 0. The molecule has 4 aromatic rings. The van der Waals surface area contributed by atoms with E-state index in [0.717, 1.165) is 30.9 Å². The Morgan fingerprint density at radius 2 is 0.754 bits per heavy atom. The quantitative estimate of drug-likeness (QED) is 0.0371. The van der Waals surface area contributed by atoms with Crippen LogP contribution in [0.15, 0.2) is 97.1 Å². The predicted molar refractivity (Wildman–Crippen MR) is 282 cm³/mol. The molecule has 0 atom stereocenters. The van der Waals surface area contributed by atoms with Crippen molar-refractivity contribution in [1.29, 1.82) is 0 Å². The van der Waals surface area contributed by atoms with Crippen molar-refractivity contribution in [3.8, 4) is 11.5 Å². The van der Waals surface area contributed by atoms with Crippen molar-refractivity contribution in [2.45, 2.75) is 175 Å². The van der Waals surface area contributed by atoms with E-state index in [1.807, 2.05) is 14.2 Å². The monoisotopic (exact) mass is 898 g/mol. The highest BCUT2D eigenvalue weighted by Crippen LogP contribution is 2.57. The Labute approximate surface area is 379 Å². The Morgan fingerprint density at radius 3 is 1.08 bits per heavy atom. The summed E-state index contributed by atoms with van der Waals surface area (Å²) in [6, 6.07) is 47.0. The molecule has 0 aliphatic carbocycles. The molecule has 7 heteroatoms. The molecule has 0 aromatic heterocycles. The highest BCUT2D eigenvalue weighted by atomic mass is 31.2. The average Bonchev–Trinajstić information content (AvgIpc) is 3.31. The summed E-state index contributed by atoms with van der Waals surface area (Å²) < 4.78 is 15.6. The fourth-order valence-electron chi connectivity index (χ4n) is 9.63. The van der Waals surface area contributed by atoms with Crippen molar-refractivity contribution in [3.63, 3.8) is 0 Å². The molecule has 0 aliphatic rings. The fraction of sp³-hybridized carbons (Fsp3) is 0.556. The van der Waals surface area contributed by atoms with E-state index in [4.69, 9.17) is 9.47 Å². The first-order chi connectivity index (χ1) is 29.9. The molecule has 0 heterocycles. The van der Waals surface area contributed by atoms with E-state index < -0.39 is 32.3 Å². The largest absolute Gasteiger partial charge is 0.496 e. The highest BCUT2D eigenvalue weighted by Gasteiger charge is 2.39. The number of hydrogen-bond donors (Lipinski definition) is 0. The van der Waals surface area contributed by atoms with Crippen molar-refractivity contribution < 1.29 is 9.47 Å². The van der Waals surface area contributed by atoms with Gasteiger partial charge in [-0.25, -0.2) is 4.44 Å². The molecule has 0 amide bonds. The minimum Gasteiger partial charge on any atom is -0.496 e. The zero-order valence-corrected chi connectivity index (χ0v) is 44.0. The van der Waals surface area contributed by atoms with E-state index in [9.17, 15) is 0 Å². The topological polar surface area (TPSA) is 21.7 Å². The summed E-state index contributed by atoms with van der Waals surface area (Å²) in [5.41, 5.74) is 0. The molecule has 0 bridgehead atoms. The number of para-hydroxylation sites is 2. The predicted octanol–water partition coefficient (Wildman–Crippen LogP) is 14.3. The van der Waals surface area contributed by atoms with Gasteiger partial charge < -0.3 is 9.47 Å². The van der Waals surface area contributed by atoms with Crippen LogP contribution in [0.4, 0.5) is 0 Å². The van der Waals surface area contributed by atoms with E-state index in [1.54, 1.807) is 10.4 Å². The zero-order valence-electron chi connectivity index (χ0n) is 40.2. The Balaban J connectivity index is 2.15. The number of unbranched alkanes of at least 4 members (excludes halogenated alkanes) is 7. The second kappa shape index (κ2) is 27.8. The smallest absolute Gasteiger partial charge is 0.128 e. The van der Waals surface area contributed by atoms with Gasteiger partial charge in [-0.15, -0.1) is 0 Å². The minimum atomic E-state index is -1.78. The molecule has 0 spiro atoms. The Kier molecular flexibility index (Phi) is 23.4. The summed E-state index contributed by atoms with van der Waals surface area (Å²) in [5.74, 6) is 1.93. The molecule has 0 unspecified atom stereocenters. The van der Waals surface area contributed by atoms with Crippen LogP contribution in [-0.2, 0) is 0 Å². The molecule has 61 heavy (non-hydrogen) atoms. The maximum Gasteiger partial charge on any atom is 0.128 e. The average molecular weight is 898 g/mol. The first-order valence-corrected chi connectivity index (χ1v) is 32.5. The summed E-state index contributed by atoms with van der Waals surface area (Å²) in [5, 5.41) is 9.04. The molecule has 0 radical (unpaired) electrons.